The molecule has 1 heteroatoms. The highest BCUT2D eigenvalue weighted by atomic mass is 14.7. The molecule has 0 aliphatic carbocycles. The standard InChI is InChI=1S/C17H23N/c1-15(2)8-7-9-16(3)12-13-18-14-17-10-5-4-6-11-17/h4-6,8,10-13H,7,9,14H2,1-3H3. The van der Waals surface area contributed by atoms with E-state index < -0.39 is 0 Å². The Morgan fingerprint density at radius 2 is 1.83 bits per heavy atom. The maximum Gasteiger partial charge on any atom is 0.0639 e. The van der Waals surface area contributed by atoms with E-state index in [1.165, 1.54) is 16.7 Å². The molecule has 0 fully saturated rings. The Morgan fingerprint density at radius 1 is 1.11 bits per heavy atom. The molecular formula is C17H23N. The van der Waals surface area contributed by atoms with Crippen LogP contribution in [0.4, 0.5) is 0 Å². The summed E-state index contributed by atoms with van der Waals surface area (Å²) in [6.45, 7) is 7.20. The molecule has 0 bridgehead atoms. The summed E-state index contributed by atoms with van der Waals surface area (Å²) in [5.41, 5.74) is 4.02. The van der Waals surface area contributed by atoms with Crippen molar-refractivity contribution in [3.63, 3.8) is 0 Å². The smallest absolute Gasteiger partial charge is 0.0639 e. The molecule has 0 saturated carbocycles. The van der Waals surface area contributed by atoms with Crippen LogP contribution in [0.15, 0.2) is 58.6 Å². The van der Waals surface area contributed by atoms with Crippen LogP contribution < -0.4 is 0 Å². The van der Waals surface area contributed by atoms with Crippen LogP contribution in [0, 0.1) is 0 Å². The average molecular weight is 241 g/mol. The molecule has 0 aliphatic heterocycles. The van der Waals surface area contributed by atoms with E-state index in [1.807, 2.05) is 24.4 Å². The average Bonchev–Trinajstić information content (AvgIpc) is 2.35. The maximum absolute atomic E-state index is 4.41. The molecule has 1 aromatic carbocycles. The molecule has 0 unspecified atom stereocenters. The first-order valence-corrected chi connectivity index (χ1v) is 6.51. The molecule has 0 saturated heterocycles. The van der Waals surface area contributed by atoms with E-state index in [0.29, 0.717) is 0 Å². The topological polar surface area (TPSA) is 12.4 Å². The van der Waals surface area contributed by atoms with Gasteiger partial charge in [0.1, 0.15) is 0 Å². The van der Waals surface area contributed by atoms with Crippen LogP contribution in [-0.2, 0) is 6.54 Å². The third kappa shape index (κ3) is 6.85. The Bertz CT molecular complexity index is 420. The Hall–Kier alpha value is -1.63. The van der Waals surface area contributed by atoms with Gasteiger partial charge in [-0.2, -0.15) is 0 Å². The van der Waals surface area contributed by atoms with Gasteiger partial charge in [-0.3, -0.25) is 4.99 Å². The largest absolute Gasteiger partial charge is 0.288 e. The molecular weight excluding hydrogens is 218 g/mol. The summed E-state index contributed by atoms with van der Waals surface area (Å²) >= 11 is 0. The summed E-state index contributed by atoms with van der Waals surface area (Å²) in [7, 11) is 0. The minimum absolute atomic E-state index is 0.762. The van der Waals surface area contributed by atoms with Gasteiger partial charge in [0.05, 0.1) is 6.54 Å². The summed E-state index contributed by atoms with van der Waals surface area (Å²) in [5.74, 6) is 0. The SMILES string of the molecule is CC(C)=CCCC(C)=CC=NCc1ccccc1. The first-order chi connectivity index (χ1) is 8.68. The Labute approximate surface area is 111 Å². The minimum atomic E-state index is 0.762. The molecule has 18 heavy (non-hydrogen) atoms. The number of hydrogen-bond acceptors (Lipinski definition) is 1. The van der Waals surface area contributed by atoms with E-state index in [-0.39, 0.29) is 0 Å². The van der Waals surface area contributed by atoms with Gasteiger partial charge in [0, 0.05) is 6.21 Å². The van der Waals surface area contributed by atoms with Gasteiger partial charge in [-0.15, -0.1) is 0 Å². The highest BCUT2D eigenvalue weighted by molar-refractivity contribution is 5.72. The molecule has 0 N–H and O–H groups in total. The maximum atomic E-state index is 4.41. The van der Waals surface area contributed by atoms with Crippen LogP contribution in [0.5, 0.6) is 0 Å². The first kappa shape index (κ1) is 14.4. The van der Waals surface area contributed by atoms with Gasteiger partial charge < -0.3 is 0 Å². The molecule has 96 valence electrons. The predicted octanol–water partition coefficient (Wildman–Crippen LogP) is 4.95. The molecule has 0 atom stereocenters. The fourth-order valence-electron chi connectivity index (χ4n) is 1.59. The van der Waals surface area contributed by atoms with E-state index in [9.17, 15) is 0 Å². The molecule has 1 nitrogen and oxygen atoms in total. The summed E-state index contributed by atoms with van der Waals surface area (Å²) in [4.78, 5) is 4.41. The van der Waals surface area contributed by atoms with Crippen LogP contribution in [0.2, 0.25) is 0 Å². The van der Waals surface area contributed by atoms with Crippen molar-refractivity contribution in [2.75, 3.05) is 0 Å². The third-order valence-corrected chi connectivity index (χ3v) is 2.67. The second-order valence-electron chi connectivity index (χ2n) is 4.81. The lowest BCUT2D eigenvalue weighted by atomic mass is 10.1. The second-order valence-corrected chi connectivity index (χ2v) is 4.81. The summed E-state index contributed by atoms with van der Waals surface area (Å²) in [5, 5.41) is 0. The first-order valence-electron chi connectivity index (χ1n) is 6.51. The van der Waals surface area contributed by atoms with Gasteiger partial charge in [0.2, 0.25) is 0 Å². The van der Waals surface area contributed by atoms with E-state index in [0.717, 1.165) is 19.4 Å². The summed E-state index contributed by atoms with van der Waals surface area (Å²) in [6.07, 6.45) is 8.55. The van der Waals surface area contributed by atoms with Crippen LogP contribution >= 0.6 is 0 Å². The highest BCUT2D eigenvalue weighted by Gasteiger charge is 1.88. The third-order valence-electron chi connectivity index (χ3n) is 2.67. The Balaban J connectivity index is 2.32. The zero-order chi connectivity index (χ0) is 13.2. The molecule has 0 heterocycles. The van der Waals surface area contributed by atoms with Gasteiger partial charge in [-0.05, 0) is 45.3 Å². The molecule has 0 aromatic heterocycles. The van der Waals surface area contributed by atoms with Gasteiger partial charge in [0.25, 0.3) is 0 Å². The number of aliphatic imine (C=N–C) groups is 1. The van der Waals surface area contributed by atoms with Crippen LogP contribution in [0.3, 0.4) is 0 Å². The van der Waals surface area contributed by atoms with Crippen LogP contribution in [0.25, 0.3) is 0 Å². The molecule has 0 radical (unpaired) electrons. The van der Waals surface area contributed by atoms with Crippen molar-refractivity contribution in [3.8, 4) is 0 Å². The van der Waals surface area contributed by atoms with E-state index in [2.05, 4.69) is 50.0 Å². The number of rotatable bonds is 6. The van der Waals surface area contributed by atoms with Crippen molar-refractivity contribution in [2.24, 2.45) is 4.99 Å². The fraction of sp³-hybridized carbons (Fsp3) is 0.353. The van der Waals surface area contributed by atoms with Crippen molar-refractivity contribution in [1.82, 2.24) is 0 Å². The number of hydrogen-bond donors (Lipinski definition) is 0. The molecule has 0 aliphatic rings. The second kappa shape index (κ2) is 8.46. The normalized spacial score (nSPS) is 11.8. The number of benzene rings is 1. The predicted molar refractivity (Wildman–Crippen MR) is 81.1 cm³/mol. The quantitative estimate of drug-likeness (QED) is 0.493. The molecule has 1 rings (SSSR count). The van der Waals surface area contributed by atoms with Crippen molar-refractivity contribution >= 4 is 6.21 Å². The van der Waals surface area contributed by atoms with Crippen molar-refractivity contribution < 1.29 is 0 Å². The van der Waals surface area contributed by atoms with Gasteiger partial charge in [-0.25, -0.2) is 0 Å². The summed E-state index contributed by atoms with van der Waals surface area (Å²) < 4.78 is 0. The van der Waals surface area contributed by atoms with E-state index in [4.69, 9.17) is 0 Å². The van der Waals surface area contributed by atoms with Crippen molar-refractivity contribution in [2.45, 2.75) is 40.2 Å². The highest BCUT2D eigenvalue weighted by Crippen LogP contribution is 2.06. The van der Waals surface area contributed by atoms with Gasteiger partial charge >= 0.3 is 0 Å². The van der Waals surface area contributed by atoms with Crippen molar-refractivity contribution in [3.05, 3.63) is 59.2 Å². The fourth-order valence-corrected chi connectivity index (χ4v) is 1.59. The molecule has 0 amide bonds. The zero-order valence-corrected chi connectivity index (χ0v) is 11.7. The molecule has 1 aromatic rings. The lowest BCUT2D eigenvalue weighted by Gasteiger charge is -1.97. The van der Waals surface area contributed by atoms with Crippen molar-refractivity contribution in [1.29, 1.82) is 0 Å². The number of allylic oxidation sites excluding steroid dienone is 4. The van der Waals surface area contributed by atoms with Crippen LogP contribution in [0.1, 0.15) is 39.2 Å². The van der Waals surface area contributed by atoms with E-state index in [1.54, 1.807) is 0 Å². The molecule has 0 spiro atoms. The van der Waals surface area contributed by atoms with E-state index >= 15 is 0 Å². The van der Waals surface area contributed by atoms with Gasteiger partial charge in [0.15, 0.2) is 0 Å². The number of nitrogens with zero attached hydrogens (tertiary/aromatic N) is 1. The van der Waals surface area contributed by atoms with Gasteiger partial charge in [-0.1, -0.05) is 47.6 Å². The summed E-state index contributed by atoms with van der Waals surface area (Å²) in [6, 6.07) is 10.3. The minimum Gasteiger partial charge on any atom is -0.288 e. The lowest BCUT2D eigenvalue weighted by Crippen LogP contribution is -1.81. The zero-order valence-electron chi connectivity index (χ0n) is 11.7. The lowest BCUT2D eigenvalue weighted by molar-refractivity contribution is 0.969. The monoisotopic (exact) mass is 241 g/mol. The Morgan fingerprint density at radius 3 is 2.50 bits per heavy atom. The van der Waals surface area contributed by atoms with Crippen LogP contribution in [-0.4, -0.2) is 6.21 Å². The Kier molecular flexibility index (Phi) is 6.78.